The molecule has 0 saturated heterocycles. The Balaban J connectivity index is 2.85. The zero-order valence-corrected chi connectivity index (χ0v) is 13.7. The lowest BCUT2D eigenvalue weighted by Crippen LogP contribution is -2.59. The average Bonchev–Trinajstić information content (AvgIpc) is 2.51. The van der Waals surface area contributed by atoms with Gasteiger partial charge in [-0.1, -0.05) is 0 Å². The Hall–Kier alpha value is -2.68. The van der Waals surface area contributed by atoms with Crippen molar-refractivity contribution in [2.24, 2.45) is 0 Å². The van der Waals surface area contributed by atoms with Crippen LogP contribution in [0.1, 0.15) is 19.4 Å². The van der Waals surface area contributed by atoms with Crippen LogP contribution in [0.15, 0.2) is 24.3 Å². The van der Waals surface area contributed by atoms with Gasteiger partial charge < -0.3 is 14.8 Å². The number of nitrogens with one attached hydrogen (secondary N) is 1. The first-order chi connectivity index (χ1) is 11.2. The van der Waals surface area contributed by atoms with Crippen molar-refractivity contribution >= 4 is 35.1 Å². The number of hydrogen-bond donors (Lipinski definition) is 1. The van der Waals surface area contributed by atoms with E-state index in [-0.39, 0.29) is 12.3 Å². The highest BCUT2D eigenvalue weighted by Crippen LogP contribution is 2.16. The molecule has 0 aliphatic rings. The number of alkyl halides is 1. The molecule has 24 heavy (non-hydrogen) atoms. The van der Waals surface area contributed by atoms with Crippen LogP contribution in [0.5, 0.6) is 0 Å². The normalized spacial score (nSPS) is 12.6. The standard InChI is InChI=1S/C14H15ClN2O7/c1-9(18)16-14(8-15,24-10(2)19)13(20)23-7-11-3-5-12(6-4-11)17(21)22/h3-6H,7-8H2,1-2H3,(H,16,18)/t14-/m0/s1. The molecule has 130 valence electrons. The number of nitro groups is 1. The Morgan fingerprint density at radius 1 is 1.25 bits per heavy atom. The molecule has 1 atom stereocenters. The van der Waals surface area contributed by atoms with Crippen molar-refractivity contribution in [3.63, 3.8) is 0 Å². The fraction of sp³-hybridized carbons (Fsp3) is 0.357. The predicted octanol–water partition coefficient (Wildman–Crippen LogP) is 1.27. The predicted molar refractivity (Wildman–Crippen MR) is 81.9 cm³/mol. The summed E-state index contributed by atoms with van der Waals surface area (Å²) in [5.41, 5.74) is -1.79. The molecule has 0 spiro atoms. The molecule has 1 N–H and O–H groups in total. The zero-order chi connectivity index (χ0) is 18.3. The summed E-state index contributed by atoms with van der Waals surface area (Å²) < 4.78 is 9.83. The molecule has 0 saturated carbocycles. The Bertz CT molecular complexity index is 629. The van der Waals surface area contributed by atoms with E-state index in [9.17, 15) is 24.5 Å². The molecule has 1 aromatic rings. The minimum absolute atomic E-state index is 0.113. The van der Waals surface area contributed by atoms with Crippen LogP contribution in [0.25, 0.3) is 0 Å². The van der Waals surface area contributed by atoms with Gasteiger partial charge in [-0.25, -0.2) is 4.79 Å². The monoisotopic (exact) mass is 358 g/mol. The van der Waals surface area contributed by atoms with E-state index >= 15 is 0 Å². The number of ether oxygens (including phenoxy) is 2. The fourth-order valence-corrected chi connectivity index (χ4v) is 1.97. The maximum atomic E-state index is 12.2. The van der Waals surface area contributed by atoms with Crippen LogP contribution in [0, 0.1) is 10.1 Å². The molecule has 0 fully saturated rings. The quantitative estimate of drug-likeness (QED) is 0.256. The Labute approximate surface area is 142 Å². The molecule has 0 aliphatic carbocycles. The van der Waals surface area contributed by atoms with Gasteiger partial charge in [-0.3, -0.25) is 19.7 Å². The molecule has 0 unspecified atom stereocenters. The number of rotatable bonds is 7. The van der Waals surface area contributed by atoms with Gasteiger partial charge >= 0.3 is 11.9 Å². The van der Waals surface area contributed by atoms with Crippen molar-refractivity contribution in [2.45, 2.75) is 26.2 Å². The minimum atomic E-state index is -2.14. The van der Waals surface area contributed by atoms with Crippen molar-refractivity contribution in [1.29, 1.82) is 0 Å². The van der Waals surface area contributed by atoms with Gasteiger partial charge in [0.05, 0.1) is 10.8 Å². The number of non-ortho nitro benzene ring substituents is 1. The minimum Gasteiger partial charge on any atom is -0.456 e. The van der Waals surface area contributed by atoms with E-state index in [0.717, 1.165) is 13.8 Å². The summed E-state index contributed by atoms with van der Waals surface area (Å²) in [7, 11) is 0. The first-order valence-electron chi connectivity index (χ1n) is 6.65. The summed E-state index contributed by atoms with van der Waals surface area (Å²) in [6.45, 7) is 1.91. The molecular formula is C14H15ClN2O7. The second kappa shape index (κ2) is 8.25. The molecule has 0 aromatic heterocycles. The van der Waals surface area contributed by atoms with Crippen LogP contribution in [0.4, 0.5) is 5.69 Å². The molecule has 9 nitrogen and oxygen atoms in total. The Morgan fingerprint density at radius 2 is 1.83 bits per heavy atom. The molecule has 0 bridgehead atoms. The number of amides is 1. The van der Waals surface area contributed by atoms with Crippen LogP contribution in [0.2, 0.25) is 0 Å². The number of carbonyl (C=O) groups excluding carboxylic acids is 3. The average molecular weight is 359 g/mol. The van der Waals surface area contributed by atoms with E-state index in [1.54, 1.807) is 0 Å². The van der Waals surface area contributed by atoms with Crippen LogP contribution >= 0.6 is 11.6 Å². The van der Waals surface area contributed by atoms with E-state index in [1.165, 1.54) is 24.3 Å². The fourth-order valence-electron chi connectivity index (χ4n) is 1.74. The smallest absolute Gasteiger partial charge is 0.374 e. The Morgan fingerprint density at radius 3 is 2.25 bits per heavy atom. The van der Waals surface area contributed by atoms with Crippen LogP contribution in [0.3, 0.4) is 0 Å². The van der Waals surface area contributed by atoms with E-state index in [2.05, 4.69) is 5.32 Å². The molecular weight excluding hydrogens is 344 g/mol. The van der Waals surface area contributed by atoms with E-state index in [4.69, 9.17) is 21.1 Å². The maximum absolute atomic E-state index is 12.2. The third kappa shape index (κ3) is 5.20. The van der Waals surface area contributed by atoms with E-state index < -0.39 is 34.4 Å². The SMILES string of the molecule is CC(=O)N[C@@](CCl)(OC(C)=O)C(=O)OCc1ccc([N+](=O)[O-])cc1. The number of carbonyl (C=O) groups is 3. The van der Waals surface area contributed by atoms with Gasteiger partial charge in [0.2, 0.25) is 5.91 Å². The van der Waals surface area contributed by atoms with Crippen molar-refractivity contribution in [1.82, 2.24) is 5.32 Å². The van der Waals surface area contributed by atoms with Gasteiger partial charge in [-0.05, 0) is 17.7 Å². The van der Waals surface area contributed by atoms with Crippen LogP contribution in [-0.4, -0.2) is 34.4 Å². The maximum Gasteiger partial charge on any atom is 0.374 e. The van der Waals surface area contributed by atoms with E-state index in [1.807, 2.05) is 0 Å². The third-order valence-electron chi connectivity index (χ3n) is 2.73. The molecule has 10 heteroatoms. The lowest BCUT2D eigenvalue weighted by molar-refractivity contribution is -0.384. The molecule has 1 rings (SSSR count). The van der Waals surface area contributed by atoms with Gasteiger partial charge in [0, 0.05) is 26.0 Å². The summed E-state index contributed by atoms with van der Waals surface area (Å²) >= 11 is 5.68. The molecule has 0 heterocycles. The summed E-state index contributed by atoms with van der Waals surface area (Å²) in [5.74, 6) is -3.10. The highest BCUT2D eigenvalue weighted by molar-refractivity contribution is 6.20. The number of nitro benzene ring substituents is 1. The van der Waals surface area contributed by atoms with Crippen LogP contribution in [-0.2, 0) is 30.5 Å². The summed E-state index contributed by atoms with van der Waals surface area (Å²) in [6.07, 6.45) is 0. The number of benzene rings is 1. The van der Waals surface area contributed by atoms with Gasteiger partial charge in [0.1, 0.15) is 6.61 Å². The summed E-state index contributed by atoms with van der Waals surface area (Å²) in [6, 6.07) is 5.30. The lowest BCUT2D eigenvalue weighted by Gasteiger charge is -2.29. The number of nitrogens with zero attached hydrogens (tertiary/aromatic N) is 1. The first kappa shape index (κ1) is 19.4. The largest absolute Gasteiger partial charge is 0.456 e. The van der Waals surface area contributed by atoms with E-state index in [0.29, 0.717) is 5.56 Å². The molecule has 1 aromatic carbocycles. The van der Waals surface area contributed by atoms with Crippen LogP contribution < -0.4 is 5.32 Å². The number of halogens is 1. The molecule has 0 radical (unpaired) electrons. The highest BCUT2D eigenvalue weighted by Gasteiger charge is 2.44. The second-order valence-electron chi connectivity index (χ2n) is 4.74. The van der Waals surface area contributed by atoms with Crippen molar-refractivity contribution in [3.05, 3.63) is 39.9 Å². The molecule has 1 amide bonds. The number of esters is 2. The second-order valence-corrected chi connectivity index (χ2v) is 5.00. The van der Waals surface area contributed by atoms with Gasteiger partial charge in [0.25, 0.3) is 11.4 Å². The summed E-state index contributed by atoms with van der Waals surface area (Å²) in [5, 5.41) is 12.7. The van der Waals surface area contributed by atoms with Crippen molar-refractivity contribution in [2.75, 3.05) is 5.88 Å². The molecule has 0 aliphatic heterocycles. The lowest BCUT2D eigenvalue weighted by atomic mass is 10.2. The Kier molecular flexibility index (Phi) is 6.66. The highest BCUT2D eigenvalue weighted by atomic mass is 35.5. The number of hydrogen-bond acceptors (Lipinski definition) is 7. The van der Waals surface area contributed by atoms with Gasteiger partial charge in [0.15, 0.2) is 0 Å². The summed E-state index contributed by atoms with van der Waals surface area (Å²) in [4.78, 5) is 44.6. The van der Waals surface area contributed by atoms with Gasteiger partial charge in [-0.2, -0.15) is 0 Å². The zero-order valence-electron chi connectivity index (χ0n) is 12.9. The topological polar surface area (TPSA) is 125 Å². The van der Waals surface area contributed by atoms with Gasteiger partial charge in [-0.15, -0.1) is 11.6 Å². The first-order valence-corrected chi connectivity index (χ1v) is 7.18. The van der Waals surface area contributed by atoms with Crippen molar-refractivity contribution in [3.8, 4) is 0 Å². The third-order valence-corrected chi connectivity index (χ3v) is 3.11. The van der Waals surface area contributed by atoms with Crippen molar-refractivity contribution < 1.29 is 28.8 Å².